The zero-order valence-electron chi connectivity index (χ0n) is 14.7. The van der Waals surface area contributed by atoms with Crippen LogP contribution in [0, 0.1) is 5.92 Å². The third-order valence-electron chi connectivity index (χ3n) is 4.45. The largest absolute Gasteiger partial charge is 0.492 e. The Morgan fingerprint density at radius 2 is 1.96 bits per heavy atom. The van der Waals surface area contributed by atoms with E-state index in [9.17, 15) is 9.59 Å². The monoisotopic (exact) mass is 373 g/mol. The van der Waals surface area contributed by atoms with Gasteiger partial charge in [0.25, 0.3) is 0 Å². The van der Waals surface area contributed by atoms with Crippen LogP contribution in [0.2, 0.25) is 5.02 Å². The van der Waals surface area contributed by atoms with Crippen LogP contribution in [0.25, 0.3) is 0 Å². The fraction of sp³-hybridized carbons (Fsp3) is 0.300. The van der Waals surface area contributed by atoms with E-state index in [1.165, 1.54) is 7.11 Å². The Kier molecular flexibility index (Phi) is 5.47. The first-order chi connectivity index (χ1) is 12.5. The minimum atomic E-state index is -0.377. The molecule has 1 aliphatic heterocycles. The molecule has 26 heavy (non-hydrogen) atoms. The summed E-state index contributed by atoms with van der Waals surface area (Å²) in [5.74, 6) is 0.199. The van der Waals surface area contributed by atoms with E-state index in [1.807, 2.05) is 24.3 Å². The van der Waals surface area contributed by atoms with Gasteiger partial charge in [0.05, 0.1) is 18.6 Å². The van der Waals surface area contributed by atoms with E-state index in [1.54, 1.807) is 30.1 Å². The molecule has 136 valence electrons. The lowest BCUT2D eigenvalue weighted by molar-refractivity contribution is -0.136. The highest BCUT2D eigenvalue weighted by molar-refractivity contribution is 6.30. The molecule has 0 unspecified atom stereocenters. The van der Waals surface area contributed by atoms with Crippen LogP contribution in [-0.4, -0.2) is 37.5 Å². The molecule has 0 saturated heterocycles. The lowest BCUT2D eigenvalue weighted by Crippen LogP contribution is -2.38. The van der Waals surface area contributed by atoms with E-state index in [2.05, 4.69) is 4.74 Å². The number of amides is 1. The summed E-state index contributed by atoms with van der Waals surface area (Å²) in [6.45, 7) is 0.818. The van der Waals surface area contributed by atoms with Gasteiger partial charge in [-0.05, 0) is 47.9 Å². The second kappa shape index (κ2) is 7.79. The Labute approximate surface area is 157 Å². The normalized spacial score (nSPS) is 15.6. The molecule has 6 heteroatoms. The topological polar surface area (TPSA) is 55.8 Å². The van der Waals surface area contributed by atoms with Crippen molar-refractivity contribution in [3.05, 3.63) is 64.2 Å². The molecule has 0 bridgehead atoms. The molecular weight excluding hydrogens is 354 g/mol. The van der Waals surface area contributed by atoms with Gasteiger partial charge in [-0.1, -0.05) is 23.7 Å². The van der Waals surface area contributed by atoms with Crippen molar-refractivity contribution >= 4 is 23.5 Å². The van der Waals surface area contributed by atoms with Crippen LogP contribution in [-0.2, 0) is 22.5 Å². The van der Waals surface area contributed by atoms with Gasteiger partial charge in [-0.25, -0.2) is 4.79 Å². The predicted octanol–water partition coefficient (Wildman–Crippen LogP) is 3.34. The van der Waals surface area contributed by atoms with Gasteiger partial charge in [0.15, 0.2) is 0 Å². The van der Waals surface area contributed by atoms with Gasteiger partial charge >= 0.3 is 5.97 Å². The lowest BCUT2D eigenvalue weighted by atomic mass is 9.95. The number of rotatable bonds is 4. The second-order valence-corrected chi connectivity index (χ2v) is 6.78. The highest BCUT2D eigenvalue weighted by atomic mass is 35.5. The minimum Gasteiger partial charge on any atom is -0.492 e. The highest BCUT2D eigenvalue weighted by Gasteiger charge is 2.28. The molecular formula is C20H20ClNO4. The van der Waals surface area contributed by atoms with Crippen LogP contribution in [0.1, 0.15) is 21.5 Å². The van der Waals surface area contributed by atoms with Crippen molar-refractivity contribution in [2.75, 3.05) is 20.8 Å². The maximum Gasteiger partial charge on any atom is 0.337 e. The van der Waals surface area contributed by atoms with Crippen LogP contribution in [0.5, 0.6) is 5.75 Å². The molecule has 2 aromatic rings. The summed E-state index contributed by atoms with van der Waals surface area (Å²) in [4.78, 5) is 25.9. The van der Waals surface area contributed by atoms with Gasteiger partial charge in [0, 0.05) is 18.6 Å². The van der Waals surface area contributed by atoms with Gasteiger partial charge in [0.2, 0.25) is 5.91 Å². The van der Waals surface area contributed by atoms with Crippen molar-refractivity contribution < 1.29 is 19.1 Å². The molecule has 1 heterocycles. The first kappa shape index (κ1) is 18.3. The summed E-state index contributed by atoms with van der Waals surface area (Å²) in [5, 5.41) is 0.638. The molecule has 0 spiro atoms. The van der Waals surface area contributed by atoms with Crippen molar-refractivity contribution in [1.82, 2.24) is 4.90 Å². The number of methoxy groups -OCH3 is 1. The average Bonchev–Trinajstić information content (AvgIpc) is 2.66. The molecule has 0 N–H and O–H groups in total. The van der Waals surface area contributed by atoms with E-state index in [0.29, 0.717) is 30.2 Å². The quantitative estimate of drug-likeness (QED) is 0.771. The van der Waals surface area contributed by atoms with Gasteiger partial charge in [-0.15, -0.1) is 0 Å². The summed E-state index contributed by atoms with van der Waals surface area (Å²) in [6, 6.07) is 12.5. The molecule has 2 aromatic carbocycles. The Bertz CT molecular complexity index is 819. The number of halogens is 1. The number of carbonyl (C=O) groups excluding carboxylic acids is 2. The molecule has 0 aliphatic carbocycles. The second-order valence-electron chi connectivity index (χ2n) is 6.35. The summed E-state index contributed by atoms with van der Waals surface area (Å²) < 4.78 is 10.4. The van der Waals surface area contributed by atoms with E-state index in [4.69, 9.17) is 16.3 Å². The summed E-state index contributed by atoms with van der Waals surface area (Å²) in [6.07, 6.45) is 0.611. The van der Waals surface area contributed by atoms with Gasteiger partial charge in [-0.3, -0.25) is 4.79 Å². The summed E-state index contributed by atoms with van der Waals surface area (Å²) in [7, 11) is 3.12. The van der Waals surface area contributed by atoms with Gasteiger partial charge < -0.3 is 14.4 Å². The first-order valence-electron chi connectivity index (χ1n) is 8.31. The number of carbonyl (C=O) groups is 2. The Balaban J connectivity index is 1.64. The van der Waals surface area contributed by atoms with E-state index in [-0.39, 0.29) is 17.8 Å². The van der Waals surface area contributed by atoms with Crippen molar-refractivity contribution in [3.8, 4) is 5.75 Å². The van der Waals surface area contributed by atoms with Crippen molar-refractivity contribution in [1.29, 1.82) is 0 Å². The molecule has 1 aliphatic rings. The third-order valence-corrected chi connectivity index (χ3v) is 4.68. The molecule has 0 radical (unpaired) electrons. The molecule has 0 aromatic heterocycles. The molecule has 0 fully saturated rings. The summed E-state index contributed by atoms with van der Waals surface area (Å²) in [5.41, 5.74) is 2.38. The maximum atomic E-state index is 12.8. The number of benzene rings is 2. The smallest absolute Gasteiger partial charge is 0.337 e. The van der Waals surface area contributed by atoms with Gasteiger partial charge in [0.1, 0.15) is 12.4 Å². The zero-order chi connectivity index (χ0) is 18.7. The van der Waals surface area contributed by atoms with Crippen LogP contribution in [0.3, 0.4) is 0 Å². The number of hydrogen-bond donors (Lipinski definition) is 0. The van der Waals surface area contributed by atoms with Crippen molar-refractivity contribution in [2.45, 2.75) is 13.0 Å². The number of hydrogen-bond acceptors (Lipinski definition) is 4. The fourth-order valence-electron chi connectivity index (χ4n) is 3.05. The number of nitrogens with zero attached hydrogens (tertiary/aromatic N) is 1. The molecule has 3 rings (SSSR count). The highest BCUT2D eigenvalue weighted by Crippen LogP contribution is 2.30. The van der Waals surface area contributed by atoms with E-state index < -0.39 is 0 Å². The molecule has 1 amide bonds. The zero-order valence-corrected chi connectivity index (χ0v) is 15.5. The van der Waals surface area contributed by atoms with Crippen LogP contribution >= 0.6 is 11.6 Å². The lowest BCUT2D eigenvalue weighted by Gasteiger charge is -2.28. The summed E-state index contributed by atoms with van der Waals surface area (Å²) >= 11 is 6.04. The van der Waals surface area contributed by atoms with E-state index >= 15 is 0 Å². The molecule has 1 atom stereocenters. The third kappa shape index (κ3) is 3.99. The average molecular weight is 374 g/mol. The minimum absolute atomic E-state index is 0.0210. The molecule has 5 nitrogen and oxygen atoms in total. The van der Waals surface area contributed by atoms with Crippen molar-refractivity contribution in [2.24, 2.45) is 5.92 Å². The Morgan fingerprint density at radius 1 is 1.23 bits per heavy atom. The number of esters is 1. The SMILES string of the molecule is COC(=O)c1ccc(CN(C)C(=O)[C@H]2COc3ccc(Cl)cc3C2)cc1. The van der Waals surface area contributed by atoms with Crippen LogP contribution in [0.15, 0.2) is 42.5 Å². The fourth-order valence-corrected chi connectivity index (χ4v) is 3.24. The first-order valence-corrected chi connectivity index (χ1v) is 8.69. The van der Waals surface area contributed by atoms with Crippen molar-refractivity contribution in [3.63, 3.8) is 0 Å². The maximum absolute atomic E-state index is 12.8. The number of ether oxygens (including phenoxy) is 2. The van der Waals surface area contributed by atoms with Crippen LogP contribution < -0.4 is 4.74 Å². The van der Waals surface area contributed by atoms with Gasteiger partial charge in [-0.2, -0.15) is 0 Å². The van der Waals surface area contributed by atoms with Crippen LogP contribution in [0.4, 0.5) is 0 Å². The van der Waals surface area contributed by atoms with E-state index in [0.717, 1.165) is 16.9 Å². The number of fused-ring (bicyclic) bond motifs is 1. The predicted molar refractivity (Wildman–Crippen MR) is 98.4 cm³/mol. The standard InChI is InChI=1S/C20H20ClNO4/c1-22(11-13-3-5-14(6-4-13)20(24)25-2)19(23)16-9-15-10-17(21)7-8-18(15)26-12-16/h3-8,10,16H,9,11-12H2,1-2H3/t16-/m1/s1. The Hall–Kier alpha value is -2.53. The molecule has 0 saturated carbocycles. The Morgan fingerprint density at radius 3 is 2.65 bits per heavy atom.